The highest BCUT2D eigenvalue weighted by Gasteiger charge is 2.17. The first-order chi connectivity index (χ1) is 9.72. The number of rotatable bonds is 5. The second kappa shape index (κ2) is 7.21. The number of pyridine rings is 1. The van der Waals surface area contributed by atoms with E-state index in [-0.39, 0.29) is 5.97 Å². The number of piperazine rings is 1. The number of nitrogens with one attached hydrogen (secondary N) is 1. The molecule has 1 aliphatic rings. The van der Waals surface area contributed by atoms with Crippen LogP contribution in [-0.2, 0) is 4.74 Å². The average molecular weight is 278 g/mol. The van der Waals surface area contributed by atoms with Crippen LogP contribution >= 0.6 is 0 Å². The standard InChI is InChI=1S/C14H22N4O2/c1-17(10-11-18-8-6-15-7-9-18)13-12(14(19)20-2)4-3-5-16-13/h3-5,15H,6-11H2,1-2H3. The minimum atomic E-state index is -0.345. The Kier molecular flexibility index (Phi) is 5.31. The third kappa shape index (κ3) is 3.68. The van der Waals surface area contributed by atoms with Crippen molar-refractivity contribution >= 4 is 11.8 Å². The number of nitrogens with zero attached hydrogens (tertiary/aromatic N) is 3. The molecule has 1 N–H and O–H groups in total. The number of likely N-dealkylation sites (N-methyl/N-ethyl adjacent to an activating group) is 1. The first-order valence-electron chi connectivity index (χ1n) is 6.90. The maximum absolute atomic E-state index is 11.7. The Hall–Kier alpha value is -1.66. The zero-order valence-electron chi connectivity index (χ0n) is 12.1. The molecule has 0 saturated carbocycles. The van der Waals surface area contributed by atoms with E-state index in [2.05, 4.69) is 15.2 Å². The van der Waals surface area contributed by atoms with Gasteiger partial charge in [-0.05, 0) is 12.1 Å². The summed E-state index contributed by atoms with van der Waals surface area (Å²) in [5, 5.41) is 3.34. The van der Waals surface area contributed by atoms with Crippen molar-refractivity contribution < 1.29 is 9.53 Å². The Labute approximate surface area is 119 Å². The van der Waals surface area contributed by atoms with Gasteiger partial charge in [0.05, 0.1) is 7.11 Å². The summed E-state index contributed by atoms with van der Waals surface area (Å²) < 4.78 is 4.80. The van der Waals surface area contributed by atoms with Crippen LogP contribution in [0.1, 0.15) is 10.4 Å². The topological polar surface area (TPSA) is 57.7 Å². The quantitative estimate of drug-likeness (QED) is 0.777. The predicted molar refractivity (Wildman–Crippen MR) is 78.2 cm³/mol. The van der Waals surface area contributed by atoms with Gasteiger partial charge in [-0.1, -0.05) is 0 Å². The summed E-state index contributed by atoms with van der Waals surface area (Å²) in [5.74, 6) is 0.330. The molecule has 1 fully saturated rings. The van der Waals surface area contributed by atoms with E-state index in [4.69, 9.17) is 4.74 Å². The maximum Gasteiger partial charge on any atom is 0.341 e. The summed E-state index contributed by atoms with van der Waals surface area (Å²) in [6, 6.07) is 3.50. The summed E-state index contributed by atoms with van der Waals surface area (Å²) in [6.07, 6.45) is 1.70. The highest BCUT2D eigenvalue weighted by atomic mass is 16.5. The first-order valence-corrected chi connectivity index (χ1v) is 6.90. The molecule has 0 atom stereocenters. The molecule has 0 amide bonds. The minimum absolute atomic E-state index is 0.345. The van der Waals surface area contributed by atoms with Crippen LogP contribution in [0.25, 0.3) is 0 Å². The molecule has 1 aromatic rings. The summed E-state index contributed by atoms with van der Waals surface area (Å²) in [5.41, 5.74) is 0.512. The predicted octanol–water partition coefficient (Wildman–Crippen LogP) is 0.210. The third-order valence-electron chi connectivity index (χ3n) is 3.51. The van der Waals surface area contributed by atoms with Gasteiger partial charge in [-0.25, -0.2) is 9.78 Å². The van der Waals surface area contributed by atoms with E-state index in [0.29, 0.717) is 11.4 Å². The fraction of sp³-hybridized carbons (Fsp3) is 0.571. The number of carbonyl (C=O) groups excluding carboxylic acids is 1. The average Bonchev–Trinajstić information content (AvgIpc) is 2.52. The van der Waals surface area contributed by atoms with Crippen molar-refractivity contribution in [3.05, 3.63) is 23.9 Å². The number of hydrogen-bond acceptors (Lipinski definition) is 6. The second-order valence-corrected chi connectivity index (χ2v) is 4.88. The van der Waals surface area contributed by atoms with E-state index in [1.165, 1.54) is 7.11 Å². The number of anilines is 1. The van der Waals surface area contributed by atoms with Gasteiger partial charge in [-0.15, -0.1) is 0 Å². The van der Waals surface area contributed by atoms with Crippen molar-refractivity contribution in [3.63, 3.8) is 0 Å². The minimum Gasteiger partial charge on any atom is -0.465 e. The van der Waals surface area contributed by atoms with Crippen LogP contribution in [0.15, 0.2) is 18.3 Å². The molecule has 0 aromatic carbocycles. The molecule has 0 unspecified atom stereocenters. The van der Waals surface area contributed by atoms with E-state index in [1.807, 2.05) is 11.9 Å². The third-order valence-corrected chi connectivity index (χ3v) is 3.51. The maximum atomic E-state index is 11.7. The van der Waals surface area contributed by atoms with Gasteiger partial charge in [0.15, 0.2) is 0 Å². The van der Waals surface area contributed by atoms with Crippen molar-refractivity contribution in [2.45, 2.75) is 0 Å². The normalized spacial score (nSPS) is 15.9. The summed E-state index contributed by atoms with van der Waals surface area (Å²) in [7, 11) is 3.34. The fourth-order valence-corrected chi connectivity index (χ4v) is 2.30. The molecule has 0 radical (unpaired) electrons. The Morgan fingerprint density at radius 3 is 2.95 bits per heavy atom. The van der Waals surface area contributed by atoms with Gasteiger partial charge in [-0.2, -0.15) is 0 Å². The van der Waals surface area contributed by atoms with Gasteiger partial charge < -0.3 is 15.0 Å². The molecular formula is C14H22N4O2. The number of methoxy groups -OCH3 is 1. The zero-order valence-corrected chi connectivity index (χ0v) is 12.1. The van der Waals surface area contributed by atoms with Gasteiger partial charge in [0.25, 0.3) is 0 Å². The van der Waals surface area contributed by atoms with Crippen molar-refractivity contribution in [3.8, 4) is 0 Å². The lowest BCUT2D eigenvalue weighted by molar-refractivity contribution is 0.0601. The van der Waals surface area contributed by atoms with Crippen LogP contribution < -0.4 is 10.2 Å². The lowest BCUT2D eigenvalue weighted by atomic mass is 10.2. The number of ether oxygens (including phenoxy) is 1. The van der Waals surface area contributed by atoms with Gasteiger partial charge in [0.2, 0.25) is 0 Å². The molecule has 6 nitrogen and oxygen atoms in total. The molecule has 0 bridgehead atoms. The van der Waals surface area contributed by atoms with Crippen LogP contribution in [0.2, 0.25) is 0 Å². The van der Waals surface area contributed by atoms with Crippen LogP contribution in [0.5, 0.6) is 0 Å². The molecular weight excluding hydrogens is 256 g/mol. The number of carbonyl (C=O) groups is 1. The van der Waals surface area contributed by atoms with Gasteiger partial charge >= 0.3 is 5.97 Å². The fourth-order valence-electron chi connectivity index (χ4n) is 2.30. The molecule has 2 heterocycles. The van der Waals surface area contributed by atoms with E-state index in [9.17, 15) is 4.79 Å². The molecule has 0 aliphatic carbocycles. The van der Waals surface area contributed by atoms with E-state index in [0.717, 1.165) is 39.3 Å². The van der Waals surface area contributed by atoms with E-state index >= 15 is 0 Å². The molecule has 6 heteroatoms. The highest BCUT2D eigenvalue weighted by Crippen LogP contribution is 2.16. The monoisotopic (exact) mass is 278 g/mol. The van der Waals surface area contributed by atoms with Crippen LogP contribution in [0.4, 0.5) is 5.82 Å². The van der Waals surface area contributed by atoms with Crippen molar-refractivity contribution in [1.82, 2.24) is 15.2 Å². The van der Waals surface area contributed by atoms with Gasteiger partial charge in [0, 0.05) is 52.5 Å². The van der Waals surface area contributed by atoms with Crippen molar-refractivity contribution in [2.75, 3.05) is 58.3 Å². The van der Waals surface area contributed by atoms with Crippen LogP contribution in [0.3, 0.4) is 0 Å². The molecule has 1 aromatic heterocycles. The number of hydrogen-bond donors (Lipinski definition) is 1. The molecule has 2 rings (SSSR count). The lowest BCUT2D eigenvalue weighted by Gasteiger charge is -2.29. The summed E-state index contributed by atoms with van der Waals surface area (Å²) in [6.45, 7) is 6.03. The molecule has 0 spiro atoms. The Balaban J connectivity index is 1.97. The Morgan fingerprint density at radius 1 is 1.50 bits per heavy atom. The first kappa shape index (κ1) is 14.7. The van der Waals surface area contributed by atoms with Crippen molar-refractivity contribution in [2.24, 2.45) is 0 Å². The van der Waals surface area contributed by atoms with Crippen LogP contribution in [0, 0.1) is 0 Å². The lowest BCUT2D eigenvalue weighted by Crippen LogP contribution is -2.46. The summed E-state index contributed by atoms with van der Waals surface area (Å²) in [4.78, 5) is 20.5. The Morgan fingerprint density at radius 2 is 2.25 bits per heavy atom. The van der Waals surface area contributed by atoms with E-state index in [1.54, 1.807) is 18.3 Å². The summed E-state index contributed by atoms with van der Waals surface area (Å²) >= 11 is 0. The van der Waals surface area contributed by atoms with Gasteiger partial charge in [-0.3, -0.25) is 4.90 Å². The zero-order chi connectivity index (χ0) is 14.4. The molecule has 1 saturated heterocycles. The number of aromatic nitrogens is 1. The smallest absolute Gasteiger partial charge is 0.341 e. The van der Waals surface area contributed by atoms with Crippen LogP contribution in [-0.4, -0.2) is 69.3 Å². The largest absolute Gasteiger partial charge is 0.465 e. The Bertz CT molecular complexity index is 447. The highest BCUT2D eigenvalue weighted by molar-refractivity contribution is 5.94. The number of esters is 1. The van der Waals surface area contributed by atoms with Crippen molar-refractivity contribution in [1.29, 1.82) is 0 Å². The van der Waals surface area contributed by atoms with E-state index < -0.39 is 0 Å². The molecule has 110 valence electrons. The molecule has 20 heavy (non-hydrogen) atoms. The SMILES string of the molecule is COC(=O)c1cccnc1N(C)CCN1CCNCC1. The second-order valence-electron chi connectivity index (χ2n) is 4.88. The molecule has 1 aliphatic heterocycles. The van der Waals surface area contributed by atoms with Gasteiger partial charge in [0.1, 0.15) is 11.4 Å².